The molecule has 188 valence electrons. The van der Waals surface area contributed by atoms with Gasteiger partial charge in [-0.3, -0.25) is 0 Å². The Kier molecular flexibility index (Phi) is 8.07. The quantitative estimate of drug-likeness (QED) is 0.326. The Hall–Kier alpha value is -3.51. The van der Waals surface area contributed by atoms with Crippen LogP contribution in [0.5, 0.6) is 5.88 Å². The number of carbonyl (C=O) groups excluding carboxylic acids is 1. The van der Waals surface area contributed by atoms with Crippen LogP contribution in [0.4, 0.5) is 14.9 Å². The van der Waals surface area contributed by atoms with E-state index >= 15 is 0 Å². The van der Waals surface area contributed by atoms with E-state index in [1.54, 1.807) is 19.1 Å². The van der Waals surface area contributed by atoms with Gasteiger partial charge in [0.1, 0.15) is 10.7 Å². The van der Waals surface area contributed by atoms with Gasteiger partial charge in [0.15, 0.2) is 9.92 Å². The van der Waals surface area contributed by atoms with Gasteiger partial charge in [0.05, 0.1) is 25.6 Å². The van der Waals surface area contributed by atoms with Crippen LogP contribution in [0.2, 0.25) is 0 Å². The van der Waals surface area contributed by atoms with E-state index in [4.69, 9.17) is 14.6 Å². The molecule has 1 atom stereocenters. The lowest BCUT2D eigenvalue weighted by molar-refractivity contribution is 0.224. The van der Waals surface area contributed by atoms with Crippen LogP contribution in [-0.2, 0) is 21.2 Å². The minimum Gasteiger partial charge on any atom is -0.481 e. The summed E-state index contributed by atoms with van der Waals surface area (Å²) in [7, 11) is -2.25. The number of fused-ring (bicyclic) bond motifs is 1. The number of urea groups is 1. The van der Waals surface area contributed by atoms with Gasteiger partial charge in [-0.25, -0.2) is 28.2 Å². The number of benzene rings is 1. The Morgan fingerprint density at radius 2 is 2.20 bits per heavy atom. The van der Waals surface area contributed by atoms with Crippen molar-refractivity contribution in [2.45, 2.75) is 44.6 Å². The first-order chi connectivity index (χ1) is 16.6. The Morgan fingerprint density at radius 1 is 1.46 bits per heavy atom. The third kappa shape index (κ3) is 5.77. The molecule has 12 heteroatoms. The van der Waals surface area contributed by atoms with Crippen molar-refractivity contribution in [3.8, 4) is 5.88 Å². The summed E-state index contributed by atoms with van der Waals surface area (Å²) in [5, 5.41) is 12.7. The van der Waals surface area contributed by atoms with E-state index in [9.17, 15) is 13.4 Å². The maximum Gasteiger partial charge on any atom is 0.354 e. The number of nitrogens with one attached hydrogen (secondary N) is 1. The van der Waals surface area contributed by atoms with Crippen LogP contribution in [0.1, 0.15) is 44.2 Å². The number of methoxy groups -OCH3 is 1. The summed E-state index contributed by atoms with van der Waals surface area (Å²) in [6, 6.07) is 1.63. The van der Waals surface area contributed by atoms with Crippen molar-refractivity contribution in [3.63, 3.8) is 0 Å². The van der Waals surface area contributed by atoms with Gasteiger partial charge in [-0.2, -0.15) is 5.10 Å². The van der Waals surface area contributed by atoms with Crippen molar-refractivity contribution in [2.75, 3.05) is 19.0 Å². The highest BCUT2D eigenvalue weighted by Gasteiger charge is 2.25. The Balaban J connectivity index is 2.08. The standard InChI is InChI=1S/C23H29FN6O4S/c1-6-15(10-20(26-4)33-5)18-12-16(24)11-17(14(2)3)21(18)28-23(31)29-35(25,32)19-13-27-30-8-7-9-34-22(19)30/h6,10-14H,4,7-9H2,1-3,5H3,(H3,25,28,29,31,32)/b15-6+,20-10+. The summed E-state index contributed by atoms with van der Waals surface area (Å²) in [6.07, 6.45) is 5.30. The molecule has 1 aliphatic rings. The van der Waals surface area contributed by atoms with E-state index in [0.717, 1.165) is 6.42 Å². The minimum atomic E-state index is -3.67. The van der Waals surface area contributed by atoms with Crippen LogP contribution in [0, 0.1) is 5.82 Å². The van der Waals surface area contributed by atoms with Crippen molar-refractivity contribution in [1.82, 2.24) is 9.78 Å². The third-order valence-corrected chi connectivity index (χ3v) is 6.65. The summed E-state index contributed by atoms with van der Waals surface area (Å²) in [4.78, 5) is 16.8. The fraction of sp³-hybridized carbons (Fsp3) is 0.348. The molecule has 1 aromatic carbocycles. The number of anilines is 1. The number of aromatic nitrogens is 2. The fourth-order valence-electron chi connectivity index (χ4n) is 3.62. The molecule has 1 aliphatic heterocycles. The first kappa shape index (κ1) is 26.1. The topological polar surface area (TPSA) is 133 Å². The lowest BCUT2D eigenvalue weighted by Gasteiger charge is -2.19. The Bertz CT molecular complexity index is 1320. The number of ether oxygens (including phenoxy) is 2. The Labute approximate surface area is 204 Å². The smallest absolute Gasteiger partial charge is 0.354 e. The van der Waals surface area contributed by atoms with Crippen LogP contribution in [0.15, 0.2) is 50.6 Å². The van der Waals surface area contributed by atoms with Crippen molar-refractivity contribution in [1.29, 1.82) is 0 Å². The fourth-order valence-corrected chi connectivity index (χ4v) is 4.62. The van der Waals surface area contributed by atoms with Gasteiger partial charge in [0, 0.05) is 24.6 Å². The van der Waals surface area contributed by atoms with Crippen LogP contribution in [-0.4, -0.2) is 40.5 Å². The zero-order valence-electron chi connectivity index (χ0n) is 20.1. The summed E-state index contributed by atoms with van der Waals surface area (Å²) >= 11 is 0. The highest BCUT2D eigenvalue weighted by molar-refractivity contribution is 7.91. The van der Waals surface area contributed by atoms with Crippen LogP contribution in [0.25, 0.3) is 5.57 Å². The summed E-state index contributed by atoms with van der Waals surface area (Å²) in [5.41, 5.74) is 1.67. The van der Waals surface area contributed by atoms with Crippen molar-refractivity contribution in [3.05, 3.63) is 53.3 Å². The molecule has 0 saturated heterocycles. The molecule has 0 bridgehead atoms. The molecule has 0 radical (unpaired) electrons. The molecule has 0 saturated carbocycles. The predicted molar refractivity (Wildman–Crippen MR) is 133 cm³/mol. The van der Waals surface area contributed by atoms with E-state index in [-0.39, 0.29) is 22.6 Å². The van der Waals surface area contributed by atoms with Crippen molar-refractivity contribution < 1.29 is 22.9 Å². The number of amides is 2. The SMILES string of the molecule is C=N/C(=C\C(=C/C)c1cc(F)cc(C(C)C)c1NC(=O)N=S(N)(=O)c1cnn2c1OCCC2)OC. The highest BCUT2D eigenvalue weighted by atomic mass is 32.2. The highest BCUT2D eigenvalue weighted by Crippen LogP contribution is 2.35. The van der Waals surface area contributed by atoms with E-state index in [1.165, 1.54) is 30.1 Å². The maximum atomic E-state index is 14.6. The van der Waals surface area contributed by atoms with Crippen molar-refractivity contribution in [2.24, 2.45) is 14.5 Å². The largest absolute Gasteiger partial charge is 0.481 e. The molecule has 2 aromatic rings. The number of rotatable bonds is 7. The molecule has 3 rings (SSSR count). The number of nitrogens with zero attached hydrogens (tertiary/aromatic N) is 4. The van der Waals surface area contributed by atoms with E-state index in [0.29, 0.717) is 35.5 Å². The van der Waals surface area contributed by atoms with Gasteiger partial charge in [-0.15, -0.1) is 4.36 Å². The van der Waals surface area contributed by atoms with Crippen LogP contribution in [0.3, 0.4) is 0 Å². The third-order valence-electron chi connectivity index (χ3n) is 5.30. The number of aliphatic imine (C=N–C) groups is 1. The molecule has 2 amide bonds. The molecule has 1 aromatic heterocycles. The zero-order valence-corrected chi connectivity index (χ0v) is 20.9. The van der Waals surface area contributed by atoms with Crippen LogP contribution >= 0.6 is 0 Å². The molecule has 10 nitrogen and oxygen atoms in total. The summed E-state index contributed by atoms with van der Waals surface area (Å²) < 4.78 is 43.7. The van der Waals surface area contributed by atoms with Crippen molar-refractivity contribution >= 4 is 33.9 Å². The summed E-state index contributed by atoms with van der Waals surface area (Å²) in [6.45, 7) is 9.89. The number of carbonyl (C=O) groups is 1. The maximum absolute atomic E-state index is 14.6. The average Bonchev–Trinajstić information content (AvgIpc) is 3.26. The van der Waals surface area contributed by atoms with E-state index < -0.39 is 21.8 Å². The molecule has 0 aliphatic carbocycles. The predicted octanol–water partition coefficient (Wildman–Crippen LogP) is 4.45. The second-order valence-electron chi connectivity index (χ2n) is 7.99. The Morgan fingerprint density at radius 3 is 2.83 bits per heavy atom. The number of hydrogen-bond donors (Lipinski definition) is 2. The number of nitrogens with two attached hydrogens (primary N) is 1. The molecular weight excluding hydrogens is 475 g/mol. The minimum absolute atomic E-state index is 0.0367. The zero-order chi connectivity index (χ0) is 25.8. The normalized spacial score (nSPS) is 15.6. The van der Waals surface area contributed by atoms with Crippen LogP contribution < -0.4 is 15.2 Å². The molecular formula is C23H29FN6O4S. The van der Waals surface area contributed by atoms with Gasteiger partial charge < -0.3 is 14.8 Å². The number of allylic oxidation sites excluding steroid dienone is 3. The van der Waals surface area contributed by atoms with Gasteiger partial charge in [0.2, 0.25) is 11.8 Å². The molecule has 2 heterocycles. The molecule has 0 fully saturated rings. The molecule has 1 unspecified atom stereocenters. The lowest BCUT2D eigenvalue weighted by Crippen LogP contribution is -2.21. The molecule has 35 heavy (non-hydrogen) atoms. The first-order valence-corrected chi connectivity index (χ1v) is 12.5. The van der Waals surface area contributed by atoms with E-state index in [2.05, 4.69) is 26.5 Å². The average molecular weight is 505 g/mol. The molecule has 0 spiro atoms. The summed E-state index contributed by atoms with van der Waals surface area (Å²) in [5.74, 6) is -0.231. The van der Waals surface area contributed by atoms with Gasteiger partial charge in [-0.05, 0) is 42.8 Å². The first-order valence-electron chi connectivity index (χ1n) is 10.9. The van der Waals surface area contributed by atoms with Gasteiger partial charge >= 0.3 is 6.03 Å². The molecule has 3 N–H and O–H groups in total. The second kappa shape index (κ2) is 10.8. The number of aryl methyl sites for hydroxylation is 1. The second-order valence-corrected chi connectivity index (χ2v) is 9.75. The van der Waals surface area contributed by atoms with Gasteiger partial charge in [-0.1, -0.05) is 19.9 Å². The van der Waals surface area contributed by atoms with Gasteiger partial charge in [0.25, 0.3) is 0 Å². The lowest BCUT2D eigenvalue weighted by atomic mass is 9.93. The monoisotopic (exact) mass is 504 g/mol. The number of halogens is 1. The van der Waals surface area contributed by atoms with E-state index in [1.807, 2.05) is 13.8 Å². The number of hydrogen-bond acceptors (Lipinski definition) is 6.